The smallest absolute Gasteiger partial charge is 0.163 e. The van der Waals surface area contributed by atoms with Gasteiger partial charge >= 0.3 is 0 Å². The maximum atomic E-state index is 9.16. The molecule has 54 valence electrons. The minimum Gasteiger partial charge on any atom is -0.369 e. The number of aliphatic imine (C=N–C) groups is 1. The molecule has 0 fully saturated rings. The predicted octanol–water partition coefficient (Wildman–Crippen LogP) is 1.44. The van der Waals surface area contributed by atoms with Crippen LogP contribution in [0.1, 0.15) is 13.8 Å². The van der Waals surface area contributed by atoms with E-state index in [4.69, 9.17) is 5.11 Å². The average Bonchev–Trinajstić information content (AvgIpc) is 1.82. The van der Waals surface area contributed by atoms with Gasteiger partial charge in [-0.2, -0.15) is 0 Å². The van der Waals surface area contributed by atoms with Gasteiger partial charge in [0.1, 0.15) is 0 Å². The molecule has 1 unspecified atom stereocenters. The number of hydrogen-bond acceptors (Lipinski definition) is 3. The molecule has 1 heterocycles. The maximum Gasteiger partial charge on any atom is 0.163 e. The lowest BCUT2D eigenvalue weighted by Gasteiger charge is -2.08. The van der Waals surface area contributed by atoms with Gasteiger partial charge in [-0.25, -0.2) is 4.99 Å². The Balaban J connectivity index is 0.000000640. The van der Waals surface area contributed by atoms with Gasteiger partial charge in [0.15, 0.2) is 5.72 Å². The summed E-state index contributed by atoms with van der Waals surface area (Å²) in [5.41, 5.74) is -0.783. The zero-order chi connectivity index (χ0) is 6.20. The third-order valence-electron chi connectivity index (χ3n) is 0.953. The van der Waals surface area contributed by atoms with Gasteiger partial charge in [0.25, 0.3) is 0 Å². The van der Waals surface area contributed by atoms with Gasteiger partial charge in [0.2, 0.25) is 0 Å². The van der Waals surface area contributed by atoms with E-state index in [9.17, 15) is 0 Å². The third-order valence-corrected chi connectivity index (χ3v) is 2.15. The standard InChI is InChI=1S/C5H9NOS.BrH/c1-4-6-5(2,7)3-8-4;/h7H,3H2,1-2H3;1H. The molecular weight excluding hydrogens is 202 g/mol. The van der Waals surface area contributed by atoms with Crippen LogP contribution in [-0.2, 0) is 0 Å². The van der Waals surface area contributed by atoms with E-state index in [1.165, 1.54) is 0 Å². The summed E-state index contributed by atoms with van der Waals surface area (Å²) < 4.78 is 0. The minimum absolute atomic E-state index is 0. The molecular formula is C5H10BrNOS. The molecule has 0 radical (unpaired) electrons. The second-order valence-corrected chi connectivity index (χ2v) is 3.30. The van der Waals surface area contributed by atoms with Crippen LogP contribution in [0, 0.1) is 0 Å². The van der Waals surface area contributed by atoms with Crippen LogP contribution in [0.2, 0.25) is 0 Å². The summed E-state index contributed by atoms with van der Waals surface area (Å²) in [5, 5.41) is 10.1. The van der Waals surface area contributed by atoms with E-state index in [1.54, 1.807) is 18.7 Å². The van der Waals surface area contributed by atoms with Crippen molar-refractivity contribution in [2.24, 2.45) is 4.99 Å². The Bertz CT molecular complexity index is 135. The van der Waals surface area contributed by atoms with Crippen LogP contribution in [0.15, 0.2) is 4.99 Å². The summed E-state index contributed by atoms with van der Waals surface area (Å²) in [6.07, 6.45) is 0. The molecule has 1 aliphatic heterocycles. The van der Waals surface area contributed by atoms with E-state index in [1.807, 2.05) is 6.92 Å². The molecule has 1 N–H and O–H groups in total. The van der Waals surface area contributed by atoms with Gasteiger partial charge < -0.3 is 5.11 Å². The monoisotopic (exact) mass is 211 g/mol. The molecule has 0 spiro atoms. The molecule has 2 nitrogen and oxygen atoms in total. The van der Waals surface area contributed by atoms with Gasteiger partial charge in [-0.15, -0.1) is 28.7 Å². The maximum absolute atomic E-state index is 9.16. The van der Waals surface area contributed by atoms with Crippen molar-refractivity contribution < 1.29 is 5.11 Å². The fourth-order valence-corrected chi connectivity index (χ4v) is 1.45. The van der Waals surface area contributed by atoms with Gasteiger partial charge in [-0.3, -0.25) is 0 Å². The largest absolute Gasteiger partial charge is 0.369 e. The number of thioether (sulfide) groups is 1. The molecule has 1 atom stereocenters. The Morgan fingerprint density at radius 2 is 2.33 bits per heavy atom. The van der Waals surface area contributed by atoms with Crippen molar-refractivity contribution in [2.75, 3.05) is 5.75 Å². The highest BCUT2D eigenvalue weighted by atomic mass is 79.9. The zero-order valence-electron chi connectivity index (χ0n) is 5.42. The fourth-order valence-electron chi connectivity index (χ4n) is 0.645. The Morgan fingerprint density at radius 1 is 1.78 bits per heavy atom. The summed E-state index contributed by atoms with van der Waals surface area (Å²) in [6.45, 7) is 3.63. The SMILES string of the molecule is Br.CC1=NC(C)(O)CS1. The lowest BCUT2D eigenvalue weighted by Crippen LogP contribution is -2.19. The van der Waals surface area contributed by atoms with Gasteiger partial charge in [0.05, 0.1) is 5.04 Å². The third kappa shape index (κ3) is 2.69. The van der Waals surface area contributed by atoms with Crippen molar-refractivity contribution in [1.29, 1.82) is 0 Å². The van der Waals surface area contributed by atoms with Crippen LogP contribution in [0.5, 0.6) is 0 Å². The van der Waals surface area contributed by atoms with Gasteiger partial charge in [-0.1, -0.05) is 0 Å². The van der Waals surface area contributed by atoms with E-state index in [0.717, 1.165) is 5.04 Å². The summed E-state index contributed by atoms with van der Waals surface area (Å²) in [6, 6.07) is 0. The highest BCUT2D eigenvalue weighted by Gasteiger charge is 2.24. The van der Waals surface area contributed by atoms with E-state index >= 15 is 0 Å². The quantitative estimate of drug-likeness (QED) is 0.658. The van der Waals surface area contributed by atoms with Crippen LogP contribution in [-0.4, -0.2) is 21.6 Å². The van der Waals surface area contributed by atoms with Crippen LogP contribution in [0.3, 0.4) is 0 Å². The molecule has 0 amide bonds. The van der Waals surface area contributed by atoms with Gasteiger partial charge in [-0.05, 0) is 13.8 Å². The number of hydrogen-bond donors (Lipinski definition) is 1. The highest BCUT2D eigenvalue weighted by molar-refractivity contribution is 8.93. The van der Waals surface area contributed by atoms with E-state index in [-0.39, 0.29) is 17.0 Å². The number of aliphatic hydroxyl groups is 1. The van der Waals surface area contributed by atoms with Crippen LogP contribution >= 0.6 is 28.7 Å². The van der Waals surface area contributed by atoms with Crippen LogP contribution in [0.4, 0.5) is 0 Å². The Labute approximate surface area is 69.5 Å². The predicted molar refractivity (Wildman–Crippen MR) is 46.5 cm³/mol. The normalized spacial score (nSPS) is 33.4. The second-order valence-electron chi connectivity index (χ2n) is 2.14. The Hall–Kier alpha value is 0.460. The zero-order valence-corrected chi connectivity index (χ0v) is 7.95. The summed E-state index contributed by atoms with van der Waals surface area (Å²) in [5.74, 6) is 0.707. The molecule has 0 bridgehead atoms. The van der Waals surface area contributed by atoms with Crippen molar-refractivity contribution in [3.05, 3.63) is 0 Å². The summed E-state index contributed by atoms with van der Waals surface area (Å²) >= 11 is 1.60. The van der Waals surface area contributed by atoms with E-state index < -0.39 is 5.72 Å². The molecule has 0 aromatic carbocycles. The average molecular weight is 212 g/mol. The molecule has 4 heteroatoms. The Kier molecular flexibility index (Phi) is 3.19. The molecule has 1 rings (SSSR count). The van der Waals surface area contributed by atoms with Crippen molar-refractivity contribution in [3.63, 3.8) is 0 Å². The lowest BCUT2D eigenvalue weighted by atomic mass is 10.3. The van der Waals surface area contributed by atoms with Crippen LogP contribution in [0.25, 0.3) is 0 Å². The molecule has 0 saturated heterocycles. The number of rotatable bonds is 0. The molecule has 0 aromatic heterocycles. The first-order valence-electron chi connectivity index (χ1n) is 2.52. The first-order valence-corrected chi connectivity index (χ1v) is 3.50. The molecule has 1 aliphatic rings. The molecule has 0 saturated carbocycles. The number of nitrogens with zero attached hydrogens (tertiary/aromatic N) is 1. The van der Waals surface area contributed by atoms with Crippen molar-refractivity contribution in [3.8, 4) is 0 Å². The first kappa shape index (κ1) is 9.46. The second kappa shape index (κ2) is 3.03. The highest BCUT2D eigenvalue weighted by Crippen LogP contribution is 2.24. The van der Waals surface area contributed by atoms with E-state index in [0.29, 0.717) is 5.75 Å². The first-order chi connectivity index (χ1) is 3.60. The molecule has 9 heavy (non-hydrogen) atoms. The van der Waals surface area contributed by atoms with Crippen molar-refractivity contribution in [2.45, 2.75) is 19.6 Å². The van der Waals surface area contributed by atoms with E-state index in [2.05, 4.69) is 4.99 Å². The fraction of sp³-hybridized carbons (Fsp3) is 0.800. The molecule has 0 aliphatic carbocycles. The summed E-state index contributed by atoms with van der Waals surface area (Å²) in [7, 11) is 0. The number of halogens is 1. The van der Waals surface area contributed by atoms with Crippen LogP contribution < -0.4 is 0 Å². The lowest BCUT2D eigenvalue weighted by molar-refractivity contribution is 0.0988. The summed E-state index contributed by atoms with van der Waals surface area (Å²) in [4.78, 5) is 3.96. The molecule has 0 aromatic rings. The van der Waals surface area contributed by atoms with Crippen molar-refractivity contribution >= 4 is 33.8 Å². The topological polar surface area (TPSA) is 32.6 Å². The van der Waals surface area contributed by atoms with Gasteiger partial charge in [0, 0.05) is 5.75 Å². The van der Waals surface area contributed by atoms with Crippen molar-refractivity contribution in [1.82, 2.24) is 0 Å². The Morgan fingerprint density at radius 3 is 2.44 bits per heavy atom. The minimum atomic E-state index is -0.783.